The van der Waals surface area contributed by atoms with E-state index in [0.29, 0.717) is 10.9 Å². The van der Waals surface area contributed by atoms with Crippen molar-refractivity contribution in [2.75, 3.05) is 5.32 Å². The molecule has 0 unspecified atom stereocenters. The van der Waals surface area contributed by atoms with E-state index in [-0.39, 0.29) is 18.0 Å². The van der Waals surface area contributed by atoms with Gasteiger partial charge in [0.05, 0.1) is 11.9 Å². The Morgan fingerprint density at radius 1 is 1.38 bits per heavy atom. The normalized spacial score (nSPS) is 18.5. The second kappa shape index (κ2) is 7.96. The van der Waals surface area contributed by atoms with Crippen LogP contribution in [0.5, 0.6) is 0 Å². The van der Waals surface area contributed by atoms with Crippen molar-refractivity contribution in [2.45, 2.75) is 18.6 Å². The third kappa shape index (κ3) is 4.57. The van der Waals surface area contributed by atoms with E-state index in [1.807, 2.05) is 6.92 Å². The van der Waals surface area contributed by atoms with Crippen LogP contribution in [0.3, 0.4) is 0 Å². The fraction of sp³-hybridized carbons (Fsp3) is 0.176. The number of amides is 2. The van der Waals surface area contributed by atoms with Gasteiger partial charge < -0.3 is 15.1 Å². The Morgan fingerprint density at radius 3 is 2.92 bits per heavy atom. The van der Waals surface area contributed by atoms with Crippen LogP contribution in [0.25, 0.3) is 0 Å². The summed E-state index contributed by atoms with van der Waals surface area (Å²) >= 11 is 1.09. The van der Waals surface area contributed by atoms with Crippen LogP contribution < -0.4 is 10.6 Å². The monoisotopic (exact) mass is 374 g/mol. The first-order valence-electron chi connectivity index (χ1n) is 7.70. The second-order valence-electron chi connectivity index (χ2n) is 5.43. The molecule has 1 aliphatic rings. The lowest BCUT2D eigenvalue weighted by atomic mass is 10.2. The van der Waals surface area contributed by atoms with Gasteiger partial charge in [-0.05, 0) is 31.2 Å². The van der Waals surface area contributed by atoms with Crippen molar-refractivity contribution in [3.8, 4) is 0 Å². The molecule has 1 aromatic heterocycles. The molecular weight excluding hydrogens is 359 g/mol. The van der Waals surface area contributed by atoms with E-state index in [2.05, 4.69) is 20.8 Å². The lowest BCUT2D eigenvalue weighted by Gasteiger charge is -2.07. The summed E-state index contributed by atoms with van der Waals surface area (Å²) in [6.45, 7) is 1.81. The van der Waals surface area contributed by atoms with Crippen molar-refractivity contribution in [1.82, 2.24) is 5.32 Å². The summed E-state index contributed by atoms with van der Waals surface area (Å²) < 4.78 is 18.9. The number of hydrogen-bond donors (Lipinski definition) is 2. The highest BCUT2D eigenvalue weighted by molar-refractivity contribution is 8.15. The Labute approximate surface area is 152 Å². The average molecular weight is 374 g/mol. The number of halogens is 1. The van der Waals surface area contributed by atoms with Crippen molar-refractivity contribution in [2.24, 2.45) is 10.2 Å². The van der Waals surface area contributed by atoms with Gasteiger partial charge in [-0.25, -0.2) is 4.39 Å². The summed E-state index contributed by atoms with van der Waals surface area (Å²) in [5.74, 6) is -0.0419. The standard InChI is InChI=1S/C17H15FN4O3S/c1-10-6-7-11(25-10)9-19-22-17-21-16(24)14(26-17)8-15(23)20-13-5-3-2-4-12(13)18/h2-7,9,14H,8H2,1H3,(H,20,23)(H,21,22,24)/t14-/m1/s1. The zero-order chi connectivity index (χ0) is 18.5. The summed E-state index contributed by atoms with van der Waals surface area (Å²) in [4.78, 5) is 24.0. The molecule has 0 saturated carbocycles. The van der Waals surface area contributed by atoms with Crippen molar-refractivity contribution in [3.05, 3.63) is 53.7 Å². The van der Waals surface area contributed by atoms with Gasteiger partial charge in [-0.1, -0.05) is 23.9 Å². The first-order chi connectivity index (χ1) is 12.5. The fourth-order valence-corrected chi connectivity index (χ4v) is 3.10. The minimum atomic E-state index is -0.651. The van der Waals surface area contributed by atoms with Crippen LogP contribution in [0.4, 0.5) is 10.1 Å². The zero-order valence-corrected chi connectivity index (χ0v) is 14.5. The maximum Gasteiger partial charge on any atom is 0.240 e. The molecule has 2 N–H and O–H groups in total. The molecule has 0 spiro atoms. The number of carbonyl (C=O) groups excluding carboxylic acids is 2. The molecule has 26 heavy (non-hydrogen) atoms. The van der Waals surface area contributed by atoms with Gasteiger partial charge in [-0.15, -0.1) is 5.10 Å². The van der Waals surface area contributed by atoms with Crippen LogP contribution >= 0.6 is 11.8 Å². The number of para-hydroxylation sites is 1. The molecule has 1 saturated heterocycles. The number of nitrogens with zero attached hydrogens (tertiary/aromatic N) is 2. The van der Waals surface area contributed by atoms with Crippen LogP contribution in [0.1, 0.15) is 17.9 Å². The molecule has 134 valence electrons. The molecule has 9 heteroatoms. The van der Waals surface area contributed by atoms with Crippen LogP contribution in [0.15, 0.2) is 51.0 Å². The highest BCUT2D eigenvalue weighted by Crippen LogP contribution is 2.23. The van der Waals surface area contributed by atoms with Crippen molar-refractivity contribution >= 4 is 40.6 Å². The van der Waals surface area contributed by atoms with Crippen molar-refractivity contribution < 1.29 is 18.4 Å². The molecule has 7 nitrogen and oxygen atoms in total. The number of furan rings is 1. The number of hydrogen-bond acceptors (Lipinski definition) is 6. The maximum absolute atomic E-state index is 13.5. The minimum absolute atomic E-state index is 0.0770. The van der Waals surface area contributed by atoms with E-state index in [0.717, 1.165) is 17.5 Å². The predicted octanol–water partition coefficient (Wildman–Crippen LogP) is 2.68. The molecule has 0 aliphatic carbocycles. The molecule has 2 amide bonds. The molecule has 1 fully saturated rings. The largest absolute Gasteiger partial charge is 0.460 e. The highest BCUT2D eigenvalue weighted by Gasteiger charge is 2.32. The Morgan fingerprint density at radius 2 is 2.19 bits per heavy atom. The van der Waals surface area contributed by atoms with Gasteiger partial charge in [0.2, 0.25) is 11.8 Å². The lowest BCUT2D eigenvalue weighted by molar-refractivity contribution is -0.122. The molecule has 1 atom stereocenters. The molecular formula is C17H15FN4O3S. The topological polar surface area (TPSA) is 96.1 Å². The summed E-state index contributed by atoms with van der Waals surface area (Å²) in [6.07, 6.45) is 1.32. The smallest absolute Gasteiger partial charge is 0.240 e. The Kier molecular flexibility index (Phi) is 5.47. The predicted molar refractivity (Wildman–Crippen MR) is 97.6 cm³/mol. The van der Waals surface area contributed by atoms with Gasteiger partial charge in [-0.3, -0.25) is 9.59 Å². The first kappa shape index (κ1) is 17.9. The van der Waals surface area contributed by atoms with Crippen LogP contribution in [-0.2, 0) is 9.59 Å². The Balaban J connectivity index is 1.56. The summed E-state index contributed by atoms with van der Waals surface area (Å²) in [5.41, 5.74) is 0.0770. The number of carbonyl (C=O) groups is 2. The van der Waals surface area contributed by atoms with Gasteiger partial charge in [0.15, 0.2) is 5.17 Å². The number of amidine groups is 1. The molecule has 2 heterocycles. The molecule has 1 aliphatic heterocycles. The summed E-state index contributed by atoms with van der Waals surface area (Å²) in [7, 11) is 0. The number of rotatable bonds is 5. The van der Waals surface area contributed by atoms with Crippen LogP contribution in [0.2, 0.25) is 0 Å². The van der Waals surface area contributed by atoms with E-state index in [1.165, 1.54) is 24.4 Å². The zero-order valence-electron chi connectivity index (χ0n) is 13.7. The average Bonchev–Trinajstić information content (AvgIpc) is 3.16. The number of benzene rings is 1. The quantitative estimate of drug-likeness (QED) is 0.621. The van der Waals surface area contributed by atoms with Crippen LogP contribution in [0, 0.1) is 12.7 Å². The van der Waals surface area contributed by atoms with E-state index in [1.54, 1.807) is 18.2 Å². The second-order valence-corrected chi connectivity index (χ2v) is 6.62. The minimum Gasteiger partial charge on any atom is -0.460 e. The first-order valence-corrected chi connectivity index (χ1v) is 8.58. The molecule has 0 radical (unpaired) electrons. The fourth-order valence-electron chi connectivity index (χ4n) is 2.18. The molecule has 2 aromatic rings. The summed E-state index contributed by atoms with van der Waals surface area (Å²) in [6, 6.07) is 9.38. The number of nitrogens with one attached hydrogen (secondary N) is 2. The Bertz CT molecular complexity index is 894. The van der Waals surface area contributed by atoms with Gasteiger partial charge in [-0.2, -0.15) is 5.10 Å². The van der Waals surface area contributed by atoms with Gasteiger partial charge in [0, 0.05) is 6.42 Å². The van der Waals surface area contributed by atoms with E-state index >= 15 is 0 Å². The van der Waals surface area contributed by atoms with Gasteiger partial charge in [0.1, 0.15) is 22.6 Å². The number of thioether (sulfide) groups is 1. The number of anilines is 1. The molecule has 3 rings (SSSR count). The third-order valence-corrected chi connectivity index (χ3v) is 4.46. The summed E-state index contributed by atoms with van der Waals surface area (Å²) in [5, 5.41) is 12.4. The van der Waals surface area contributed by atoms with E-state index < -0.39 is 17.0 Å². The van der Waals surface area contributed by atoms with Gasteiger partial charge in [0.25, 0.3) is 0 Å². The third-order valence-electron chi connectivity index (χ3n) is 3.39. The molecule has 1 aromatic carbocycles. The van der Waals surface area contributed by atoms with Crippen molar-refractivity contribution in [3.63, 3.8) is 0 Å². The van der Waals surface area contributed by atoms with Crippen LogP contribution in [-0.4, -0.2) is 28.4 Å². The van der Waals surface area contributed by atoms with E-state index in [4.69, 9.17) is 4.42 Å². The van der Waals surface area contributed by atoms with Crippen molar-refractivity contribution in [1.29, 1.82) is 0 Å². The SMILES string of the molecule is Cc1ccc(C=NN=C2NC(=O)[C@@H](CC(=O)Nc3ccccc3F)S2)o1. The maximum atomic E-state index is 13.5. The lowest BCUT2D eigenvalue weighted by Crippen LogP contribution is -2.28. The van der Waals surface area contributed by atoms with E-state index in [9.17, 15) is 14.0 Å². The van der Waals surface area contributed by atoms with Gasteiger partial charge >= 0.3 is 0 Å². The molecule has 0 bridgehead atoms. The highest BCUT2D eigenvalue weighted by atomic mass is 32.2. The number of aryl methyl sites for hydroxylation is 1. The Hall–Kier alpha value is -2.94.